The zero-order chi connectivity index (χ0) is 32.1. The number of carbonyl (C=O) groups is 3. The van der Waals surface area contributed by atoms with E-state index in [1.165, 1.54) is 10.5 Å². The van der Waals surface area contributed by atoms with E-state index in [9.17, 15) is 19.2 Å². The van der Waals surface area contributed by atoms with E-state index >= 15 is 0 Å². The van der Waals surface area contributed by atoms with Gasteiger partial charge in [-0.3, -0.25) is 14.4 Å². The topological polar surface area (TPSA) is 94.4 Å². The van der Waals surface area contributed by atoms with E-state index < -0.39 is 5.63 Å². The summed E-state index contributed by atoms with van der Waals surface area (Å²) in [6.07, 6.45) is 5.67. The largest absolute Gasteiger partial charge is 0.422 e. The molecule has 0 saturated carbocycles. The molecule has 0 bridgehead atoms. The van der Waals surface area contributed by atoms with E-state index in [1.54, 1.807) is 35.2 Å². The third kappa shape index (κ3) is 4.96. The number of nitrogens with zero attached hydrogens (tertiary/aromatic N) is 4. The Bertz CT molecular complexity index is 2190. The molecule has 0 unspecified atom stereocenters. The summed E-state index contributed by atoms with van der Waals surface area (Å²) < 4.78 is 5.39. The highest BCUT2D eigenvalue weighted by Crippen LogP contribution is 2.38. The van der Waals surface area contributed by atoms with Crippen LogP contribution >= 0.6 is 0 Å². The third-order valence-corrected chi connectivity index (χ3v) is 9.14. The maximum absolute atomic E-state index is 13.9. The SMILES string of the molecule is O=C(c1cc2ccccc2oc1=O)N1CCN(c2ccc3c4c(cccc24)C(=O)N(C2=CCN(Cc4ccccc4)C=C2)C3=O)CC1. The Hall–Kier alpha value is -5.96. The Morgan fingerprint density at radius 2 is 1.51 bits per heavy atom. The Balaban J connectivity index is 1.01. The van der Waals surface area contributed by atoms with E-state index in [4.69, 9.17) is 4.42 Å². The van der Waals surface area contributed by atoms with E-state index in [1.807, 2.05) is 66.9 Å². The number of hydrogen-bond acceptors (Lipinski definition) is 7. The molecule has 232 valence electrons. The van der Waals surface area contributed by atoms with Crippen molar-refractivity contribution in [3.8, 4) is 0 Å². The van der Waals surface area contributed by atoms with E-state index in [0.717, 1.165) is 17.6 Å². The minimum Gasteiger partial charge on any atom is -0.422 e. The molecule has 3 amide bonds. The van der Waals surface area contributed by atoms with Gasteiger partial charge < -0.3 is 19.1 Å². The fourth-order valence-electron chi connectivity index (χ4n) is 6.75. The van der Waals surface area contributed by atoms with Crippen LogP contribution in [-0.2, 0) is 6.54 Å². The number of amides is 3. The summed E-state index contributed by atoms with van der Waals surface area (Å²) in [5.41, 5.74) is 3.43. The first-order chi connectivity index (χ1) is 23.0. The molecule has 1 saturated heterocycles. The minimum absolute atomic E-state index is 0.0205. The van der Waals surface area contributed by atoms with Crippen molar-refractivity contribution in [3.63, 3.8) is 0 Å². The summed E-state index contributed by atoms with van der Waals surface area (Å²) in [5, 5.41) is 2.16. The average molecular weight is 623 g/mol. The van der Waals surface area contributed by atoms with Crippen molar-refractivity contribution in [3.05, 3.63) is 148 Å². The van der Waals surface area contributed by atoms with Gasteiger partial charge in [0.2, 0.25) is 0 Å². The number of rotatable bonds is 5. The first-order valence-corrected chi connectivity index (χ1v) is 15.6. The van der Waals surface area contributed by atoms with Gasteiger partial charge >= 0.3 is 5.63 Å². The maximum Gasteiger partial charge on any atom is 0.349 e. The third-order valence-electron chi connectivity index (χ3n) is 9.14. The smallest absolute Gasteiger partial charge is 0.349 e. The molecule has 0 N–H and O–H groups in total. The summed E-state index contributed by atoms with van der Waals surface area (Å²) in [6, 6.07) is 28.2. The van der Waals surface area contributed by atoms with E-state index in [2.05, 4.69) is 21.9 Å². The summed E-state index contributed by atoms with van der Waals surface area (Å²) in [4.78, 5) is 60.9. The first kappa shape index (κ1) is 28.5. The second-order valence-electron chi connectivity index (χ2n) is 11.9. The van der Waals surface area contributed by atoms with Gasteiger partial charge in [0.15, 0.2) is 0 Å². The number of anilines is 1. The molecule has 0 aliphatic carbocycles. The molecular weight excluding hydrogens is 592 g/mol. The number of para-hydroxylation sites is 1. The summed E-state index contributed by atoms with van der Waals surface area (Å²) in [7, 11) is 0. The predicted molar refractivity (Wildman–Crippen MR) is 179 cm³/mol. The second kappa shape index (κ2) is 11.4. The van der Waals surface area contributed by atoms with Gasteiger partial charge in [0.25, 0.3) is 17.7 Å². The van der Waals surface area contributed by atoms with Gasteiger partial charge in [-0.15, -0.1) is 0 Å². The van der Waals surface area contributed by atoms with Crippen molar-refractivity contribution < 1.29 is 18.8 Å². The van der Waals surface area contributed by atoms with Crippen LogP contribution in [0.1, 0.15) is 36.6 Å². The molecule has 5 aromatic rings. The van der Waals surface area contributed by atoms with Crippen LogP contribution in [-0.4, -0.2) is 65.1 Å². The number of fused-ring (bicyclic) bond motifs is 1. The van der Waals surface area contributed by atoms with Gasteiger partial charge in [-0.2, -0.15) is 0 Å². The van der Waals surface area contributed by atoms with Crippen LogP contribution in [0, 0.1) is 0 Å². The van der Waals surface area contributed by atoms with Crippen LogP contribution in [0.4, 0.5) is 5.69 Å². The molecule has 0 radical (unpaired) electrons. The van der Waals surface area contributed by atoms with E-state index in [0.29, 0.717) is 65.9 Å². The summed E-state index contributed by atoms with van der Waals surface area (Å²) in [6.45, 7) is 3.16. The zero-order valence-corrected chi connectivity index (χ0v) is 25.5. The molecule has 3 aliphatic heterocycles. The molecule has 0 atom stereocenters. The number of carbonyl (C=O) groups excluding carboxylic acids is 3. The molecule has 9 nitrogen and oxygen atoms in total. The molecule has 8 rings (SSSR count). The highest BCUT2D eigenvalue weighted by Gasteiger charge is 2.36. The lowest BCUT2D eigenvalue weighted by atomic mass is 9.92. The van der Waals surface area contributed by atoms with Crippen molar-refractivity contribution in [1.29, 1.82) is 0 Å². The molecule has 47 heavy (non-hydrogen) atoms. The van der Waals surface area contributed by atoms with Crippen molar-refractivity contribution in [1.82, 2.24) is 14.7 Å². The lowest BCUT2D eigenvalue weighted by Gasteiger charge is -2.37. The van der Waals surface area contributed by atoms with Gasteiger partial charge in [-0.05, 0) is 48.0 Å². The van der Waals surface area contributed by atoms with Gasteiger partial charge in [-0.25, -0.2) is 9.69 Å². The van der Waals surface area contributed by atoms with Crippen LogP contribution in [0.15, 0.2) is 124 Å². The summed E-state index contributed by atoms with van der Waals surface area (Å²) >= 11 is 0. The maximum atomic E-state index is 13.9. The average Bonchev–Trinajstić information content (AvgIpc) is 3.11. The van der Waals surface area contributed by atoms with Crippen LogP contribution in [0.3, 0.4) is 0 Å². The molecule has 1 fully saturated rings. The first-order valence-electron chi connectivity index (χ1n) is 15.6. The molecule has 4 heterocycles. The Kier molecular flexibility index (Phi) is 6.94. The van der Waals surface area contributed by atoms with Crippen molar-refractivity contribution >= 4 is 45.2 Å². The van der Waals surface area contributed by atoms with E-state index in [-0.39, 0.29) is 23.3 Å². The van der Waals surface area contributed by atoms with Crippen molar-refractivity contribution in [2.24, 2.45) is 0 Å². The lowest BCUT2D eigenvalue weighted by Crippen LogP contribution is -2.49. The highest BCUT2D eigenvalue weighted by atomic mass is 16.4. The number of benzene rings is 4. The lowest BCUT2D eigenvalue weighted by molar-refractivity contribution is 0.0664. The molecular formula is C38H30N4O5. The number of piperazine rings is 1. The van der Waals surface area contributed by atoms with Crippen molar-refractivity contribution in [2.75, 3.05) is 37.6 Å². The second-order valence-corrected chi connectivity index (χ2v) is 11.9. The normalized spacial score (nSPS) is 16.3. The van der Waals surface area contributed by atoms with Gasteiger partial charge in [0.05, 0.1) is 5.70 Å². The van der Waals surface area contributed by atoms with Crippen LogP contribution < -0.4 is 10.5 Å². The molecule has 9 heteroatoms. The number of hydrogen-bond donors (Lipinski definition) is 0. The zero-order valence-electron chi connectivity index (χ0n) is 25.5. The Morgan fingerprint density at radius 3 is 2.28 bits per heavy atom. The highest BCUT2D eigenvalue weighted by molar-refractivity contribution is 6.27. The molecule has 3 aliphatic rings. The predicted octanol–water partition coefficient (Wildman–Crippen LogP) is 5.42. The molecule has 4 aromatic carbocycles. The van der Waals surface area contributed by atoms with Crippen LogP contribution in [0.5, 0.6) is 0 Å². The summed E-state index contributed by atoms with van der Waals surface area (Å²) in [5.74, 6) is -1.05. The Morgan fingerprint density at radius 1 is 0.766 bits per heavy atom. The van der Waals surface area contributed by atoms with Crippen LogP contribution in [0.25, 0.3) is 21.7 Å². The fourth-order valence-corrected chi connectivity index (χ4v) is 6.75. The molecule has 0 spiro atoms. The van der Waals surface area contributed by atoms with Gasteiger partial charge in [-0.1, -0.05) is 60.7 Å². The minimum atomic E-state index is -0.646. The standard InChI is InChI=1S/C38H30N4O5/c43-35(31-23-26-9-4-5-12-33(26)47-38(31)46)41-21-19-40(20-22-41)32-14-13-30-34-28(32)10-6-11-29(34)36(44)42(37(30)45)27-15-17-39(18-16-27)24-25-7-2-1-3-8-25/h1-17,23H,18-22,24H2. The van der Waals surface area contributed by atoms with Crippen molar-refractivity contribution in [2.45, 2.75) is 6.54 Å². The fraction of sp³-hybridized carbons (Fsp3) is 0.158. The number of allylic oxidation sites excluding steroid dienone is 1. The Labute approximate surface area is 270 Å². The molecule has 1 aromatic heterocycles. The van der Waals surface area contributed by atoms with Gasteiger partial charge in [0, 0.05) is 78.4 Å². The monoisotopic (exact) mass is 622 g/mol. The van der Waals surface area contributed by atoms with Gasteiger partial charge in [0.1, 0.15) is 11.1 Å². The number of imide groups is 1. The quantitative estimate of drug-likeness (QED) is 0.191. The van der Waals surface area contributed by atoms with Crippen LogP contribution in [0.2, 0.25) is 0 Å².